The minimum absolute atomic E-state index is 0.0559. The molecule has 1 heterocycles. The molecule has 0 unspecified atom stereocenters. The number of aryl methyl sites for hydroxylation is 1. The third-order valence-corrected chi connectivity index (χ3v) is 2.49. The maximum Gasteiger partial charge on any atom is 0.354 e. The summed E-state index contributed by atoms with van der Waals surface area (Å²) in [6.45, 7) is 0. The van der Waals surface area contributed by atoms with Gasteiger partial charge in [0.2, 0.25) is 0 Å². The Morgan fingerprint density at radius 1 is 1.31 bits per heavy atom. The topological polar surface area (TPSA) is 31.2 Å². The second-order valence-corrected chi connectivity index (χ2v) is 3.37. The number of esters is 1. The Bertz CT molecular complexity index is 575. The molecule has 2 aromatic rings. The van der Waals surface area contributed by atoms with E-state index in [4.69, 9.17) is 0 Å². The van der Waals surface area contributed by atoms with Gasteiger partial charge in [-0.2, -0.15) is 0 Å². The second kappa shape index (κ2) is 3.59. The molecular weight excluding hydrogens is 216 g/mol. The zero-order chi connectivity index (χ0) is 11.9. The fourth-order valence-electron chi connectivity index (χ4n) is 1.69. The number of hydrogen-bond donors (Lipinski definition) is 0. The number of carbonyl (C=O) groups excluding carboxylic acids is 1. The van der Waals surface area contributed by atoms with Crippen LogP contribution in [-0.4, -0.2) is 17.6 Å². The monoisotopic (exact) mass is 225 g/mol. The molecule has 0 saturated heterocycles. The Balaban J connectivity index is 2.82. The molecule has 5 heteroatoms. The van der Waals surface area contributed by atoms with E-state index in [1.807, 2.05) is 0 Å². The highest BCUT2D eigenvalue weighted by atomic mass is 19.1. The molecule has 84 valence electrons. The Hall–Kier alpha value is -1.91. The van der Waals surface area contributed by atoms with Crippen LogP contribution < -0.4 is 0 Å². The van der Waals surface area contributed by atoms with Gasteiger partial charge in [-0.05, 0) is 18.2 Å². The minimum atomic E-state index is -0.627. The number of nitrogens with zero attached hydrogens (tertiary/aromatic N) is 1. The Morgan fingerprint density at radius 2 is 1.94 bits per heavy atom. The van der Waals surface area contributed by atoms with Gasteiger partial charge in [-0.3, -0.25) is 0 Å². The average Bonchev–Trinajstić information content (AvgIpc) is 2.62. The first-order chi connectivity index (χ1) is 7.56. The average molecular weight is 225 g/mol. The fraction of sp³-hybridized carbons (Fsp3) is 0.182. The van der Waals surface area contributed by atoms with E-state index < -0.39 is 17.6 Å². The van der Waals surface area contributed by atoms with Crippen LogP contribution in [0.15, 0.2) is 18.2 Å². The van der Waals surface area contributed by atoms with Crippen molar-refractivity contribution < 1.29 is 18.3 Å². The summed E-state index contributed by atoms with van der Waals surface area (Å²) in [4.78, 5) is 11.3. The molecule has 0 fully saturated rings. The third-order valence-electron chi connectivity index (χ3n) is 2.49. The highest BCUT2D eigenvalue weighted by Crippen LogP contribution is 2.24. The van der Waals surface area contributed by atoms with Crippen molar-refractivity contribution in [2.24, 2.45) is 7.05 Å². The molecule has 1 aromatic heterocycles. The van der Waals surface area contributed by atoms with E-state index >= 15 is 0 Å². The maximum atomic E-state index is 13.5. The zero-order valence-corrected chi connectivity index (χ0v) is 8.75. The standard InChI is InChI=1S/C11H9F2NO2/c1-14-9(11(15)16-2)5-6-7(12)3-4-8(13)10(6)14/h3-5H,1-2H3. The molecule has 2 rings (SSSR count). The van der Waals surface area contributed by atoms with E-state index in [9.17, 15) is 13.6 Å². The number of aromatic nitrogens is 1. The van der Waals surface area contributed by atoms with Crippen LogP contribution in [0, 0.1) is 11.6 Å². The molecule has 3 nitrogen and oxygen atoms in total. The lowest BCUT2D eigenvalue weighted by Crippen LogP contribution is -2.07. The minimum Gasteiger partial charge on any atom is -0.464 e. The van der Waals surface area contributed by atoms with Crippen molar-refractivity contribution in [2.75, 3.05) is 7.11 Å². The van der Waals surface area contributed by atoms with Gasteiger partial charge in [-0.1, -0.05) is 0 Å². The zero-order valence-electron chi connectivity index (χ0n) is 8.75. The normalized spacial score (nSPS) is 10.8. The van der Waals surface area contributed by atoms with E-state index in [1.54, 1.807) is 0 Å². The summed E-state index contributed by atoms with van der Waals surface area (Å²) in [6.07, 6.45) is 0. The lowest BCUT2D eigenvalue weighted by atomic mass is 10.2. The molecule has 0 amide bonds. The lowest BCUT2D eigenvalue weighted by molar-refractivity contribution is 0.0590. The molecule has 0 atom stereocenters. The molecular formula is C11H9F2NO2. The first-order valence-electron chi connectivity index (χ1n) is 4.58. The number of halogens is 2. The summed E-state index contributed by atoms with van der Waals surface area (Å²) in [7, 11) is 2.70. The summed E-state index contributed by atoms with van der Waals surface area (Å²) >= 11 is 0. The van der Waals surface area contributed by atoms with Gasteiger partial charge in [-0.25, -0.2) is 13.6 Å². The molecule has 0 radical (unpaired) electrons. The fourth-order valence-corrected chi connectivity index (χ4v) is 1.69. The van der Waals surface area contributed by atoms with Crippen molar-refractivity contribution in [3.8, 4) is 0 Å². The van der Waals surface area contributed by atoms with Gasteiger partial charge >= 0.3 is 5.97 Å². The van der Waals surface area contributed by atoms with E-state index in [-0.39, 0.29) is 16.6 Å². The number of benzene rings is 1. The predicted octanol–water partition coefficient (Wildman–Crippen LogP) is 2.24. The van der Waals surface area contributed by atoms with E-state index in [0.29, 0.717) is 0 Å². The molecule has 0 bridgehead atoms. The SMILES string of the molecule is COC(=O)c1cc2c(F)ccc(F)c2n1C. The van der Waals surface area contributed by atoms with Gasteiger partial charge in [0, 0.05) is 12.4 Å². The highest BCUT2D eigenvalue weighted by Gasteiger charge is 2.18. The summed E-state index contributed by atoms with van der Waals surface area (Å²) in [5.41, 5.74) is 0.168. The van der Waals surface area contributed by atoms with Gasteiger partial charge in [0.25, 0.3) is 0 Å². The van der Waals surface area contributed by atoms with Crippen LogP contribution in [0.25, 0.3) is 10.9 Å². The van der Waals surface area contributed by atoms with Crippen LogP contribution in [0.4, 0.5) is 8.78 Å². The van der Waals surface area contributed by atoms with Crippen molar-refractivity contribution in [2.45, 2.75) is 0 Å². The van der Waals surface area contributed by atoms with Crippen molar-refractivity contribution >= 4 is 16.9 Å². The van der Waals surface area contributed by atoms with Crippen LogP contribution in [0.5, 0.6) is 0 Å². The number of rotatable bonds is 1. The van der Waals surface area contributed by atoms with Crippen LogP contribution >= 0.6 is 0 Å². The van der Waals surface area contributed by atoms with E-state index in [1.165, 1.54) is 24.8 Å². The first kappa shape index (κ1) is 10.6. The van der Waals surface area contributed by atoms with Crippen molar-refractivity contribution in [1.29, 1.82) is 0 Å². The largest absolute Gasteiger partial charge is 0.464 e. The highest BCUT2D eigenvalue weighted by molar-refractivity contribution is 5.95. The second-order valence-electron chi connectivity index (χ2n) is 3.37. The van der Waals surface area contributed by atoms with Gasteiger partial charge in [0.05, 0.1) is 12.6 Å². The number of ether oxygens (including phenoxy) is 1. The maximum absolute atomic E-state index is 13.5. The Labute approximate surface area is 90.2 Å². The number of methoxy groups -OCH3 is 1. The molecule has 1 aromatic carbocycles. The van der Waals surface area contributed by atoms with Crippen LogP contribution in [0.3, 0.4) is 0 Å². The summed E-state index contributed by atoms with van der Waals surface area (Å²) in [5, 5.41) is 0.0721. The van der Waals surface area contributed by atoms with Gasteiger partial charge in [-0.15, -0.1) is 0 Å². The quantitative estimate of drug-likeness (QED) is 0.697. The molecule has 0 spiro atoms. The van der Waals surface area contributed by atoms with Crippen LogP contribution in [-0.2, 0) is 11.8 Å². The lowest BCUT2D eigenvalue weighted by Gasteiger charge is -2.02. The number of hydrogen-bond acceptors (Lipinski definition) is 2. The Morgan fingerprint density at radius 3 is 2.50 bits per heavy atom. The summed E-state index contributed by atoms with van der Waals surface area (Å²) in [6, 6.07) is 3.33. The third kappa shape index (κ3) is 1.36. The van der Waals surface area contributed by atoms with Crippen LogP contribution in [0.1, 0.15) is 10.5 Å². The number of carbonyl (C=O) groups is 1. The molecule has 0 N–H and O–H groups in total. The van der Waals surface area contributed by atoms with Gasteiger partial charge in [0.1, 0.15) is 17.3 Å². The van der Waals surface area contributed by atoms with Crippen molar-refractivity contribution in [3.63, 3.8) is 0 Å². The van der Waals surface area contributed by atoms with E-state index in [0.717, 1.165) is 12.1 Å². The predicted molar refractivity (Wildman–Crippen MR) is 54.2 cm³/mol. The van der Waals surface area contributed by atoms with Crippen LogP contribution in [0.2, 0.25) is 0 Å². The first-order valence-corrected chi connectivity index (χ1v) is 4.58. The molecule has 0 saturated carbocycles. The molecule has 16 heavy (non-hydrogen) atoms. The smallest absolute Gasteiger partial charge is 0.354 e. The van der Waals surface area contributed by atoms with Crippen molar-refractivity contribution in [3.05, 3.63) is 35.5 Å². The summed E-state index contributed by atoms with van der Waals surface area (Å²) < 4.78 is 32.7. The van der Waals surface area contributed by atoms with Gasteiger partial charge < -0.3 is 9.30 Å². The van der Waals surface area contributed by atoms with Gasteiger partial charge in [0.15, 0.2) is 0 Å². The molecule has 0 aliphatic heterocycles. The van der Waals surface area contributed by atoms with Crippen molar-refractivity contribution in [1.82, 2.24) is 4.57 Å². The Kier molecular flexibility index (Phi) is 2.38. The number of fused-ring (bicyclic) bond motifs is 1. The summed E-state index contributed by atoms with van der Waals surface area (Å²) in [5.74, 6) is -1.77. The molecule has 0 aliphatic rings. The molecule has 0 aliphatic carbocycles. The van der Waals surface area contributed by atoms with E-state index in [2.05, 4.69) is 4.74 Å².